The van der Waals surface area contributed by atoms with Crippen molar-refractivity contribution in [1.82, 2.24) is 9.88 Å². The number of rotatable bonds is 9. The smallest absolute Gasteiger partial charge is 0.240 e. The molecule has 0 fully saturated rings. The fourth-order valence-corrected chi connectivity index (χ4v) is 4.88. The Morgan fingerprint density at radius 1 is 0.939 bits per heavy atom. The topological polar surface area (TPSA) is 45.7 Å². The van der Waals surface area contributed by atoms with Crippen LogP contribution in [-0.4, -0.2) is 50.1 Å². The van der Waals surface area contributed by atoms with Gasteiger partial charge in [-0.2, -0.15) is 0 Å². The summed E-state index contributed by atoms with van der Waals surface area (Å²) in [4.78, 5) is 23.0. The molecule has 0 aliphatic heterocycles. The highest BCUT2D eigenvalue weighted by Gasteiger charge is 2.30. The quantitative estimate of drug-likeness (QED) is 0.335. The Hall–Kier alpha value is -3.22. The molecule has 0 radical (unpaired) electrons. The molecular weight excluding hydrogens is 430 g/mol. The molecule has 0 N–H and O–H groups in total. The molecule has 4 rings (SSSR count). The van der Waals surface area contributed by atoms with Gasteiger partial charge >= 0.3 is 0 Å². The lowest BCUT2D eigenvalue weighted by Crippen LogP contribution is -2.37. The van der Waals surface area contributed by atoms with Crippen molar-refractivity contribution in [2.45, 2.75) is 12.3 Å². The second-order valence-corrected chi connectivity index (χ2v) is 9.24. The van der Waals surface area contributed by atoms with Gasteiger partial charge in [-0.15, -0.1) is 0 Å². The Morgan fingerprint density at radius 3 is 2.15 bits per heavy atom. The maximum absolute atomic E-state index is 14.2. The predicted molar refractivity (Wildman–Crippen MR) is 136 cm³/mol. The summed E-state index contributed by atoms with van der Waals surface area (Å²) in [5.74, 6) is 0.404. The summed E-state index contributed by atoms with van der Waals surface area (Å²) in [5.41, 5.74) is 2.80. The van der Waals surface area contributed by atoms with Gasteiger partial charge in [-0.1, -0.05) is 72.0 Å². The Balaban J connectivity index is 1.75. The summed E-state index contributed by atoms with van der Waals surface area (Å²) in [7, 11) is 5.75. The molecule has 33 heavy (non-hydrogen) atoms. The van der Waals surface area contributed by atoms with Crippen LogP contribution in [-0.2, 0) is 4.79 Å². The fourth-order valence-electron chi connectivity index (χ4n) is 3.91. The van der Waals surface area contributed by atoms with E-state index in [4.69, 9.17) is 9.72 Å². The number of nitrogens with zero attached hydrogens (tertiary/aromatic N) is 3. The first-order valence-electron chi connectivity index (χ1n) is 11.1. The second-order valence-electron chi connectivity index (χ2n) is 8.23. The van der Waals surface area contributed by atoms with Crippen LogP contribution in [0.4, 0.5) is 5.13 Å². The van der Waals surface area contributed by atoms with E-state index in [1.807, 2.05) is 97.9 Å². The van der Waals surface area contributed by atoms with E-state index in [-0.39, 0.29) is 5.91 Å². The maximum Gasteiger partial charge on any atom is 0.240 e. The summed E-state index contributed by atoms with van der Waals surface area (Å²) in [5, 5.41) is 0.721. The van der Waals surface area contributed by atoms with Crippen LogP contribution < -0.4 is 9.64 Å². The highest BCUT2D eigenvalue weighted by atomic mass is 32.1. The third kappa shape index (κ3) is 5.41. The molecule has 1 heterocycles. The molecule has 0 saturated carbocycles. The molecule has 0 saturated heterocycles. The number of benzene rings is 3. The molecule has 0 aliphatic carbocycles. The van der Waals surface area contributed by atoms with Gasteiger partial charge in [0.2, 0.25) is 5.91 Å². The minimum Gasteiger partial charge on any atom is -0.497 e. The van der Waals surface area contributed by atoms with Gasteiger partial charge in [0.05, 0.1) is 23.2 Å². The molecule has 1 amide bonds. The van der Waals surface area contributed by atoms with Crippen molar-refractivity contribution in [3.05, 3.63) is 90.0 Å². The molecule has 5 nitrogen and oxygen atoms in total. The van der Waals surface area contributed by atoms with E-state index in [1.54, 1.807) is 18.4 Å². The van der Waals surface area contributed by atoms with Gasteiger partial charge in [0.1, 0.15) is 5.75 Å². The lowest BCUT2D eigenvalue weighted by atomic mass is 9.90. The molecular formula is C27H29N3O2S. The molecule has 0 atom stereocenters. The normalized spacial score (nSPS) is 11.3. The van der Waals surface area contributed by atoms with Crippen molar-refractivity contribution in [3.63, 3.8) is 0 Å². The number of hydrogen-bond donors (Lipinski definition) is 0. The van der Waals surface area contributed by atoms with Gasteiger partial charge < -0.3 is 9.64 Å². The monoisotopic (exact) mass is 459 g/mol. The molecule has 6 heteroatoms. The molecule has 3 aromatic carbocycles. The first-order valence-corrected chi connectivity index (χ1v) is 11.9. The lowest BCUT2D eigenvalue weighted by Gasteiger charge is -2.26. The number of methoxy groups -OCH3 is 1. The molecule has 170 valence electrons. The zero-order valence-electron chi connectivity index (χ0n) is 19.3. The molecule has 4 aromatic rings. The number of anilines is 1. The van der Waals surface area contributed by atoms with Gasteiger partial charge in [0, 0.05) is 12.6 Å². The van der Waals surface area contributed by atoms with Crippen molar-refractivity contribution in [2.75, 3.05) is 39.2 Å². The number of carbonyl (C=O) groups is 1. The van der Waals surface area contributed by atoms with Crippen LogP contribution in [0.1, 0.15) is 23.5 Å². The van der Waals surface area contributed by atoms with E-state index >= 15 is 0 Å². The zero-order valence-corrected chi connectivity index (χ0v) is 20.1. The van der Waals surface area contributed by atoms with Gasteiger partial charge in [-0.25, -0.2) is 4.98 Å². The fraction of sp³-hybridized carbons (Fsp3) is 0.259. The molecule has 0 aliphatic rings. The van der Waals surface area contributed by atoms with Gasteiger partial charge in [0.25, 0.3) is 0 Å². The van der Waals surface area contributed by atoms with E-state index in [0.717, 1.165) is 45.2 Å². The van der Waals surface area contributed by atoms with Crippen molar-refractivity contribution in [2.24, 2.45) is 0 Å². The summed E-state index contributed by atoms with van der Waals surface area (Å²) in [6.07, 6.45) is 0.855. The van der Waals surface area contributed by atoms with Crippen LogP contribution in [0.25, 0.3) is 10.2 Å². The zero-order chi connectivity index (χ0) is 23.2. The Morgan fingerprint density at radius 2 is 1.58 bits per heavy atom. The third-order valence-electron chi connectivity index (χ3n) is 5.58. The summed E-state index contributed by atoms with van der Waals surface area (Å²) >= 11 is 1.54. The predicted octanol–water partition coefficient (Wildman–Crippen LogP) is 5.42. The minimum atomic E-state index is -0.395. The van der Waals surface area contributed by atoms with Crippen molar-refractivity contribution < 1.29 is 9.53 Å². The largest absolute Gasteiger partial charge is 0.497 e. The molecule has 0 spiro atoms. The standard InChI is InChI=1S/C27H29N3O2S/c1-29(2)17-10-18-30(27-28-23-19-22(32-3)15-16-24(23)33-27)26(31)25(20-11-6-4-7-12-20)21-13-8-5-9-14-21/h4-9,11-16,19,25H,10,17-18H2,1-3H3. The lowest BCUT2D eigenvalue weighted by molar-refractivity contribution is -0.119. The van der Waals surface area contributed by atoms with Crippen LogP contribution in [0.3, 0.4) is 0 Å². The molecule has 0 bridgehead atoms. The first-order chi connectivity index (χ1) is 16.1. The summed E-state index contributed by atoms with van der Waals surface area (Å²) in [6, 6.07) is 25.8. The van der Waals surface area contributed by atoms with Crippen LogP contribution in [0, 0.1) is 0 Å². The van der Waals surface area contributed by atoms with E-state index in [1.165, 1.54) is 0 Å². The third-order valence-corrected chi connectivity index (χ3v) is 6.64. The van der Waals surface area contributed by atoms with Crippen LogP contribution in [0.2, 0.25) is 0 Å². The average Bonchev–Trinajstić information content (AvgIpc) is 3.26. The Labute approximate surface area is 199 Å². The SMILES string of the molecule is COc1ccc2sc(N(CCCN(C)C)C(=O)C(c3ccccc3)c3ccccc3)nc2c1. The number of aromatic nitrogens is 1. The van der Waals surface area contributed by atoms with E-state index in [0.29, 0.717) is 6.54 Å². The number of amides is 1. The number of ether oxygens (including phenoxy) is 1. The van der Waals surface area contributed by atoms with Gasteiger partial charge in [-0.3, -0.25) is 9.69 Å². The van der Waals surface area contributed by atoms with Crippen LogP contribution in [0.5, 0.6) is 5.75 Å². The highest BCUT2D eigenvalue weighted by Crippen LogP contribution is 2.34. The van der Waals surface area contributed by atoms with E-state index in [2.05, 4.69) is 4.90 Å². The summed E-state index contributed by atoms with van der Waals surface area (Å²) in [6.45, 7) is 1.49. The number of hydrogen-bond acceptors (Lipinski definition) is 5. The number of thiazole rings is 1. The molecule has 0 unspecified atom stereocenters. The average molecular weight is 460 g/mol. The van der Waals surface area contributed by atoms with Crippen molar-refractivity contribution in [3.8, 4) is 5.75 Å². The first kappa shape index (κ1) is 23.0. The summed E-state index contributed by atoms with van der Waals surface area (Å²) < 4.78 is 6.40. The van der Waals surface area contributed by atoms with Gasteiger partial charge in [0.15, 0.2) is 5.13 Å². The van der Waals surface area contributed by atoms with Crippen molar-refractivity contribution >= 4 is 32.6 Å². The Kier molecular flexibility index (Phi) is 7.37. The van der Waals surface area contributed by atoms with Crippen LogP contribution in [0.15, 0.2) is 78.9 Å². The van der Waals surface area contributed by atoms with Crippen LogP contribution >= 0.6 is 11.3 Å². The highest BCUT2D eigenvalue weighted by molar-refractivity contribution is 7.22. The Bertz CT molecular complexity index is 1150. The van der Waals surface area contributed by atoms with E-state index < -0.39 is 5.92 Å². The second kappa shape index (κ2) is 10.6. The van der Waals surface area contributed by atoms with Crippen molar-refractivity contribution in [1.29, 1.82) is 0 Å². The van der Waals surface area contributed by atoms with E-state index in [9.17, 15) is 4.79 Å². The minimum absolute atomic E-state index is 0.0391. The van der Waals surface area contributed by atoms with Gasteiger partial charge in [-0.05, 0) is 50.3 Å². The maximum atomic E-state index is 14.2. The number of fused-ring (bicyclic) bond motifs is 1. The number of carbonyl (C=O) groups excluding carboxylic acids is 1. The molecule has 1 aromatic heterocycles.